The second-order valence-electron chi connectivity index (χ2n) is 7.06. The monoisotopic (exact) mass is 488 g/mol. The van der Waals surface area contributed by atoms with E-state index < -0.39 is 33.7 Å². The van der Waals surface area contributed by atoms with Crippen molar-refractivity contribution in [1.29, 1.82) is 0 Å². The van der Waals surface area contributed by atoms with Crippen molar-refractivity contribution in [3.05, 3.63) is 54.3 Å². The molecular weight excluding hydrogens is 469 g/mol. The van der Waals surface area contributed by atoms with Crippen molar-refractivity contribution >= 4 is 27.8 Å². The van der Waals surface area contributed by atoms with E-state index in [1.807, 2.05) is 0 Å². The highest BCUT2D eigenvalue weighted by Crippen LogP contribution is 2.34. The minimum absolute atomic E-state index is 0.0511. The Hall–Kier alpha value is -3.19. The van der Waals surface area contributed by atoms with E-state index >= 15 is 0 Å². The number of nitrogens with zero attached hydrogens (tertiary/aromatic N) is 4. The number of fused-ring (bicyclic) bond motifs is 1. The van der Waals surface area contributed by atoms with Gasteiger partial charge in [-0.3, -0.25) is 9.39 Å². The predicted octanol–water partition coefficient (Wildman–Crippen LogP) is 4.97. The summed E-state index contributed by atoms with van der Waals surface area (Å²) in [7, 11) is -3.56. The maximum Gasteiger partial charge on any atom is 0.433 e. The van der Waals surface area contributed by atoms with Crippen molar-refractivity contribution in [3.8, 4) is 11.3 Å². The highest BCUT2D eigenvalue weighted by atomic mass is 32.3. The number of imidazole rings is 1. The van der Waals surface area contributed by atoms with E-state index in [4.69, 9.17) is 5.73 Å². The molecule has 0 saturated heterocycles. The average Bonchev–Trinajstić information content (AvgIpc) is 3.15. The number of hydrogen-bond donors (Lipinski definition) is 2. The van der Waals surface area contributed by atoms with Crippen LogP contribution in [-0.2, 0) is 20.6 Å². The summed E-state index contributed by atoms with van der Waals surface area (Å²) >= 11 is 0. The van der Waals surface area contributed by atoms with Gasteiger partial charge in [0.25, 0.3) is 5.92 Å². The molecule has 0 radical (unpaired) electrons. The lowest BCUT2D eigenvalue weighted by molar-refractivity contribution is -0.141. The fraction of sp³-hybridized carbons (Fsp3) is 0.250. The van der Waals surface area contributed by atoms with Gasteiger partial charge in [0.15, 0.2) is 0 Å². The van der Waals surface area contributed by atoms with Crippen molar-refractivity contribution in [2.75, 3.05) is 5.75 Å². The Morgan fingerprint density at radius 2 is 1.97 bits per heavy atom. The third kappa shape index (κ3) is 5.42. The number of hydrogen-bond acceptors (Lipinski definition) is 5. The van der Waals surface area contributed by atoms with E-state index in [-0.39, 0.29) is 33.2 Å². The molecule has 3 N–H and O–H groups in total. The van der Waals surface area contributed by atoms with Gasteiger partial charge in [-0.05, 0) is 25.1 Å². The van der Waals surface area contributed by atoms with Crippen LogP contribution in [0.5, 0.6) is 0 Å². The topological polar surface area (TPSA) is 106 Å². The molecule has 3 rings (SSSR count). The lowest BCUT2D eigenvalue weighted by Crippen LogP contribution is -2.20. The third-order valence-electron chi connectivity index (χ3n) is 4.60. The lowest BCUT2D eigenvalue weighted by Gasteiger charge is -2.09. The van der Waals surface area contributed by atoms with Crippen LogP contribution >= 0.6 is 0 Å². The summed E-state index contributed by atoms with van der Waals surface area (Å²) in [5.74, 6) is -3.39. The second-order valence-corrected chi connectivity index (χ2v) is 9.36. The molecule has 0 bridgehead atoms. The van der Waals surface area contributed by atoms with Crippen molar-refractivity contribution in [1.82, 2.24) is 14.4 Å². The predicted molar refractivity (Wildman–Crippen MR) is 114 cm³/mol. The Morgan fingerprint density at radius 3 is 2.58 bits per heavy atom. The SMILES string of the molecule is CC[S+](=O)(O)c1cc(N=CC=C(N)C(C)(F)F)ccc1-c1cn2cnc(C(F)(F)F)cc2n1. The maximum absolute atomic E-state index is 13.1. The van der Waals surface area contributed by atoms with Gasteiger partial charge >= 0.3 is 6.18 Å². The molecule has 176 valence electrons. The summed E-state index contributed by atoms with van der Waals surface area (Å²) < 4.78 is 89.6. The minimum atomic E-state index is -4.65. The van der Waals surface area contributed by atoms with Gasteiger partial charge in [0.2, 0.25) is 15.1 Å². The molecule has 0 amide bonds. The summed E-state index contributed by atoms with van der Waals surface area (Å²) in [5, 5.41) is 0. The van der Waals surface area contributed by atoms with Crippen molar-refractivity contribution in [3.63, 3.8) is 0 Å². The zero-order valence-electron chi connectivity index (χ0n) is 17.3. The number of allylic oxidation sites excluding steroid dienone is 2. The van der Waals surface area contributed by atoms with Crippen LogP contribution in [0.25, 0.3) is 16.9 Å². The van der Waals surface area contributed by atoms with Crippen LogP contribution in [0, 0.1) is 0 Å². The summed E-state index contributed by atoms with van der Waals surface area (Å²) in [6.07, 6.45) is -0.381. The Balaban J connectivity index is 2.08. The van der Waals surface area contributed by atoms with E-state index in [1.54, 1.807) is 0 Å². The molecule has 7 nitrogen and oxygen atoms in total. The van der Waals surface area contributed by atoms with Gasteiger partial charge < -0.3 is 5.73 Å². The maximum atomic E-state index is 13.1. The third-order valence-corrected chi connectivity index (χ3v) is 6.41. The number of rotatable bonds is 6. The Bertz CT molecular complexity index is 1290. The highest BCUT2D eigenvalue weighted by molar-refractivity contribution is 7.97. The number of benzene rings is 1. The molecule has 1 unspecified atom stereocenters. The quantitative estimate of drug-likeness (QED) is 0.290. The van der Waals surface area contributed by atoms with Gasteiger partial charge in [-0.1, -0.05) is 4.21 Å². The largest absolute Gasteiger partial charge is 0.433 e. The smallest absolute Gasteiger partial charge is 0.397 e. The van der Waals surface area contributed by atoms with Crippen LogP contribution in [0.4, 0.5) is 27.6 Å². The normalized spacial score (nSPS) is 15.3. The molecule has 0 spiro atoms. The van der Waals surface area contributed by atoms with Crippen molar-refractivity contribution < 1.29 is 30.7 Å². The molecular formula is C20H19F5N5O2S+. The lowest BCUT2D eigenvalue weighted by atomic mass is 10.1. The molecule has 0 fully saturated rings. The Morgan fingerprint density at radius 1 is 1.27 bits per heavy atom. The van der Waals surface area contributed by atoms with Gasteiger partial charge in [-0.15, -0.1) is 0 Å². The summed E-state index contributed by atoms with van der Waals surface area (Å²) in [5.41, 5.74) is 3.90. The average molecular weight is 488 g/mol. The molecule has 0 aliphatic carbocycles. The molecule has 2 aromatic heterocycles. The van der Waals surface area contributed by atoms with Crippen molar-refractivity contribution in [2.45, 2.75) is 30.8 Å². The minimum Gasteiger partial charge on any atom is -0.397 e. The van der Waals surface area contributed by atoms with E-state index in [1.165, 1.54) is 35.7 Å². The van der Waals surface area contributed by atoms with E-state index in [2.05, 4.69) is 15.0 Å². The zero-order chi connectivity index (χ0) is 24.6. The number of alkyl halides is 5. The molecule has 1 atom stereocenters. The summed E-state index contributed by atoms with van der Waals surface area (Å²) in [6, 6.07) is 4.92. The summed E-state index contributed by atoms with van der Waals surface area (Å²) in [6.45, 7) is 2.11. The fourth-order valence-corrected chi connectivity index (χ4v) is 3.88. The summed E-state index contributed by atoms with van der Waals surface area (Å²) in [4.78, 5) is 11.4. The zero-order valence-corrected chi connectivity index (χ0v) is 18.2. The number of aromatic nitrogens is 3. The molecule has 3 aromatic rings. The van der Waals surface area contributed by atoms with Crippen LogP contribution in [0.2, 0.25) is 0 Å². The van der Waals surface area contributed by atoms with Gasteiger partial charge in [-0.2, -0.15) is 17.7 Å². The van der Waals surface area contributed by atoms with E-state index in [0.29, 0.717) is 6.92 Å². The van der Waals surface area contributed by atoms with Crippen LogP contribution < -0.4 is 5.73 Å². The van der Waals surface area contributed by atoms with Gasteiger partial charge in [-0.25, -0.2) is 18.7 Å². The first-order valence-electron chi connectivity index (χ1n) is 9.41. The number of nitrogens with two attached hydrogens (primary N) is 1. The van der Waals surface area contributed by atoms with Gasteiger partial charge in [0.1, 0.15) is 23.4 Å². The number of halogens is 5. The fourth-order valence-electron chi connectivity index (χ4n) is 2.75. The molecule has 1 aromatic carbocycles. The van der Waals surface area contributed by atoms with Gasteiger partial charge in [0, 0.05) is 31.5 Å². The van der Waals surface area contributed by atoms with E-state index in [0.717, 1.165) is 24.7 Å². The first kappa shape index (κ1) is 24.5. The van der Waals surface area contributed by atoms with Crippen LogP contribution in [-0.4, -0.2) is 36.8 Å². The molecule has 0 aliphatic heterocycles. The van der Waals surface area contributed by atoms with Crippen LogP contribution in [0.1, 0.15) is 19.5 Å². The highest BCUT2D eigenvalue weighted by Gasteiger charge is 2.34. The molecule has 0 aliphatic rings. The first-order chi connectivity index (χ1) is 15.2. The first-order valence-corrected chi connectivity index (χ1v) is 11.1. The molecule has 33 heavy (non-hydrogen) atoms. The van der Waals surface area contributed by atoms with E-state index in [9.17, 15) is 30.7 Å². The Labute approximate surface area is 186 Å². The molecule has 2 heterocycles. The second kappa shape index (κ2) is 8.63. The van der Waals surface area contributed by atoms with Crippen LogP contribution in [0.3, 0.4) is 0 Å². The molecule has 13 heteroatoms. The Kier molecular flexibility index (Phi) is 6.40. The molecule has 0 saturated carbocycles. The van der Waals surface area contributed by atoms with Crippen molar-refractivity contribution in [2.24, 2.45) is 10.7 Å². The van der Waals surface area contributed by atoms with Gasteiger partial charge in [0.05, 0.1) is 22.6 Å². The standard InChI is InChI=1S/C20H18F5N5O2S/c1-3-33(31,32)15-8-12(27-7-6-16(26)19(2,21)22)4-5-13(15)14-10-30-11-28-17(20(23,24)25)9-18(30)29-14/h4-11H,3,26H2,1-2H3/p+1. The van der Waals surface area contributed by atoms with Crippen LogP contribution in [0.15, 0.2) is 58.5 Å². The number of aliphatic imine (C=N–C) groups is 1.